The Bertz CT molecular complexity index is 750. The van der Waals surface area contributed by atoms with Gasteiger partial charge in [0.25, 0.3) is 0 Å². The van der Waals surface area contributed by atoms with Gasteiger partial charge in [-0.3, -0.25) is 14.2 Å². The molecule has 0 bridgehead atoms. The molecule has 24 heavy (non-hydrogen) atoms. The van der Waals surface area contributed by atoms with E-state index >= 15 is 0 Å². The molecular formula is C14H17ClF3N5O. The van der Waals surface area contributed by atoms with Crippen LogP contribution in [0.2, 0.25) is 5.02 Å². The van der Waals surface area contributed by atoms with Crippen LogP contribution < -0.4 is 5.32 Å². The van der Waals surface area contributed by atoms with E-state index in [2.05, 4.69) is 15.5 Å². The van der Waals surface area contributed by atoms with Gasteiger partial charge in [-0.15, -0.1) is 0 Å². The molecule has 2 rings (SSSR count). The van der Waals surface area contributed by atoms with E-state index in [1.54, 1.807) is 17.9 Å². The fourth-order valence-corrected chi connectivity index (χ4v) is 2.37. The molecule has 0 aliphatic rings. The second-order valence-electron chi connectivity index (χ2n) is 5.37. The quantitative estimate of drug-likeness (QED) is 0.888. The van der Waals surface area contributed by atoms with Gasteiger partial charge in [0.1, 0.15) is 0 Å². The van der Waals surface area contributed by atoms with E-state index in [0.29, 0.717) is 6.54 Å². The number of nitrogens with zero attached hydrogens (tertiary/aromatic N) is 4. The summed E-state index contributed by atoms with van der Waals surface area (Å²) < 4.78 is 41.0. The molecule has 1 amide bonds. The molecule has 0 radical (unpaired) electrons. The van der Waals surface area contributed by atoms with Crippen LogP contribution >= 0.6 is 11.6 Å². The smallest absolute Gasteiger partial charge is 0.352 e. The van der Waals surface area contributed by atoms with Gasteiger partial charge >= 0.3 is 6.18 Å². The molecule has 0 saturated heterocycles. The van der Waals surface area contributed by atoms with Gasteiger partial charge in [-0.05, 0) is 13.8 Å². The van der Waals surface area contributed by atoms with Crippen LogP contribution in [0.15, 0.2) is 6.20 Å². The molecule has 0 saturated carbocycles. The Hall–Kier alpha value is -2.03. The summed E-state index contributed by atoms with van der Waals surface area (Å²) in [5.41, 5.74) is 0.858. The Morgan fingerprint density at radius 3 is 2.50 bits per heavy atom. The van der Waals surface area contributed by atoms with E-state index in [9.17, 15) is 18.0 Å². The van der Waals surface area contributed by atoms with Crippen molar-refractivity contribution >= 4 is 17.5 Å². The highest BCUT2D eigenvalue weighted by Gasteiger charge is 2.38. The zero-order valence-corrected chi connectivity index (χ0v) is 14.2. The normalized spacial score (nSPS) is 11.8. The predicted octanol–water partition coefficient (Wildman–Crippen LogP) is 2.61. The van der Waals surface area contributed by atoms with Gasteiger partial charge in [0, 0.05) is 31.3 Å². The lowest BCUT2D eigenvalue weighted by Crippen LogP contribution is -2.24. The molecule has 2 heterocycles. The minimum absolute atomic E-state index is 0.00451. The van der Waals surface area contributed by atoms with E-state index in [0.717, 1.165) is 15.9 Å². The summed E-state index contributed by atoms with van der Waals surface area (Å²) >= 11 is 5.66. The Morgan fingerprint density at radius 1 is 1.33 bits per heavy atom. The number of amides is 1. The molecule has 6 nitrogen and oxygen atoms in total. The average molecular weight is 364 g/mol. The first-order chi connectivity index (χ1) is 11.1. The fourth-order valence-electron chi connectivity index (χ4n) is 2.13. The number of halogens is 4. The maximum Gasteiger partial charge on any atom is 0.436 e. The number of alkyl halides is 3. The van der Waals surface area contributed by atoms with Crippen molar-refractivity contribution in [3.05, 3.63) is 33.9 Å². The molecule has 1 N–H and O–H groups in total. The standard InChI is InChI=1S/C14H17ClF3N5O/c1-8-10(7-20-22(8)3)6-19-11(24)4-5-23-9(2)12(15)13(21-23)14(16,17)18/h7H,4-6H2,1-3H3,(H,19,24). The van der Waals surface area contributed by atoms with E-state index in [-0.39, 0.29) is 24.6 Å². The number of aryl methyl sites for hydroxylation is 2. The zero-order chi connectivity index (χ0) is 18.1. The fraction of sp³-hybridized carbons (Fsp3) is 0.500. The molecule has 0 atom stereocenters. The molecule has 10 heteroatoms. The van der Waals surface area contributed by atoms with Crippen molar-refractivity contribution in [3.8, 4) is 0 Å². The van der Waals surface area contributed by atoms with Crippen molar-refractivity contribution in [2.75, 3.05) is 0 Å². The maximum absolute atomic E-state index is 12.7. The second-order valence-corrected chi connectivity index (χ2v) is 5.75. The van der Waals surface area contributed by atoms with Crippen molar-refractivity contribution in [1.82, 2.24) is 24.9 Å². The lowest BCUT2D eigenvalue weighted by molar-refractivity contribution is -0.141. The lowest BCUT2D eigenvalue weighted by atomic mass is 10.2. The van der Waals surface area contributed by atoms with E-state index in [1.165, 1.54) is 6.92 Å². The molecule has 132 valence electrons. The van der Waals surface area contributed by atoms with Crippen LogP contribution in [0.5, 0.6) is 0 Å². The zero-order valence-electron chi connectivity index (χ0n) is 13.4. The van der Waals surface area contributed by atoms with Crippen LogP contribution in [-0.2, 0) is 31.1 Å². The summed E-state index contributed by atoms with van der Waals surface area (Å²) in [6.45, 7) is 3.63. The largest absolute Gasteiger partial charge is 0.436 e. The predicted molar refractivity (Wildman–Crippen MR) is 81.4 cm³/mol. The summed E-state index contributed by atoms with van der Waals surface area (Å²) in [5.74, 6) is -0.294. The van der Waals surface area contributed by atoms with Crippen molar-refractivity contribution in [2.45, 2.75) is 39.5 Å². The minimum Gasteiger partial charge on any atom is -0.352 e. The van der Waals surface area contributed by atoms with Gasteiger partial charge in [0.05, 0.1) is 23.5 Å². The summed E-state index contributed by atoms with van der Waals surface area (Å²) in [6, 6.07) is 0. The van der Waals surface area contributed by atoms with E-state index in [1.807, 2.05) is 6.92 Å². The highest BCUT2D eigenvalue weighted by molar-refractivity contribution is 6.31. The van der Waals surface area contributed by atoms with Crippen molar-refractivity contribution in [1.29, 1.82) is 0 Å². The third-order valence-electron chi connectivity index (χ3n) is 3.77. The van der Waals surface area contributed by atoms with Crippen molar-refractivity contribution in [2.24, 2.45) is 7.05 Å². The summed E-state index contributed by atoms with van der Waals surface area (Å²) in [4.78, 5) is 11.9. The first-order valence-corrected chi connectivity index (χ1v) is 7.53. The van der Waals surface area contributed by atoms with Gasteiger partial charge in [-0.2, -0.15) is 23.4 Å². The van der Waals surface area contributed by atoms with E-state index < -0.39 is 16.9 Å². The van der Waals surface area contributed by atoms with Gasteiger partial charge in [-0.1, -0.05) is 11.6 Å². The van der Waals surface area contributed by atoms with Crippen LogP contribution in [0, 0.1) is 13.8 Å². The van der Waals surface area contributed by atoms with Crippen LogP contribution in [0.4, 0.5) is 13.2 Å². The molecule has 0 fully saturated rings. The highest BCUT2D eigenvalue weighted by atomic mass is 35.5. The number of carbonyl (C=O) groups excluding carboxylic acids is 1. The number of aromatic nitrogens is 4. The van der Waals surface area contributed by atoms with Crippen LogP contribution in [0.3, 0.4) is 0 Å². The van der Waals surface area contributed by atoms with Gasteiger partial charge in [-0.25, -0.2) is 0 Å². The molecule has 0 aliphatic heterocycles. The third kappa shape index (κ3) is 3.89. The number of hydrogen-bond acceptors (Lipinski definition) is 3. The SMILES string of the molecule is Cc1c(CNC(=O)CCn2nc(C(F)(F)F)c(Cl)c2C)cnn1C. The molecule has 2 aromatic heterocycles. The second kappa shape index (κ2) is 6.84. The number of carbonyl (C=O) groups is 1. The number of nitrogens with one attached hydrogen (secondary N) is 1. The summed E-state index contributed by atoms with van der Waals surface area (Å²) in [5, 5.41) is 9.79. The van der Waals surface area contributed by atoms with Gasteiger partial charge in [0.2, 0.25) is 5.91 Å². The van der Waals surface area contributed by atoms with Crippen LogP contribution in [0.1, 0.15) is 29.1 Å². The minimum atomic E-state index is -4.62. The molecule has 2 aromatic rings. The van der Waals surface area contributed by atoms with Gasteiger partial charge < -0.3 is 5.32 Å². The van der Waals surface area contributed by atoms with Crippen molar-refractivity contribution in [3.63, 3.8) is 0 Å². The first-order valence-electron chi connectivity index (χ1n) is 7.15. The van der Waals surface area contributed by atoms with Crippen LogP contribution in [-0.4, -0.2) is 25.5 Å². The number of rotatable bonds is 5. The topological polar surface area (TPSA) is 64.7 Å². The van der Waals surface area contributed by atoms with Crippen LogP contribution in [0.25, 0.3) is 0 Å². The maximum atomic E-state index is 12.7. The monoisotopic (exact) mass is 363 g/mol. The Morgan fingerprint density at radius 2 is 2.00 bits per heavy atom. The Kier molecular flexibility index (Phi) is 5.22. The molecule has 0 spiro atoms. The molecular weight excluding hydrogens is 347 g/mol. The first kappa shape index (κ1) is 18.3. The van der Waals surface area contributed by atoms with E-state index in [4.69, 9.17) is 11.6 Å². The third-order valence-corrected chi connectivity index (χ3v) is 4.22. The summed E-state index contributed by atoms with van der Waals surface area (Å²) in [6.07, 6.45) is -2.97. The lowest BCUT2D eigenvalue weighted by Gasteiger charge is -2.06. The average Bonchev–Trinajstić information content (AvgIpc) is 2.97. The highest BCUT2D eigenvalue weighted by Crippen LogP contribution is 2.35. The molecule has 0 unspecified atom stereocenters. The van der Waals surface area contributed by atoms with Crippen molar-refractivity contribution < 1.29 is 18.0 Å². The molecule has 0 aromatic carbocycles. The Labute approximate surface area is 141 Å². The number of hydrogen-bond donors (Lipinski definition) is 1. The molecule has 0 aliphatic carbocycles. The Balaban J connectivity index is 1.94. The summed E-state index contributed by atoms with van der Waals surface area (Å²) in [7, 11) is 1.79. The van der Waals surface area contributed by atoms with Gasteiger partial charge in [0.15, 0.2) is 5.69 Å².